The number of anilines is 1. The summed E-state index contributed by atoms with van der Waals surface area (Å²) >= 11 is 1.30. The Morgan fingerprint density at radius 3 is 2.57 bits per heavy atom. The van der Waals surface area contributed by atoms with E-state index in [0.717, 1.165) is 29.0 Å². The quantitative estimate of drug-likeness (QED) is 0.290. The van der Waals surface area contributed by atoms with E-state index in [1.807, 2.05) is 60.0 Å². The number of aryl methyl sites for hydroxylation is 1. The molecule has 184 valence electrons. The van der Waals surface area contributed by atoms with Crippen molar-refractivity contribution in [1.29, 1.82) is 0 Å². The molecule has 0 aliphatic rings. The Morgan fingerprint density at radius 1 is 1.14 bits per heavy atom. The zero-order chi connectivity index (χ0) is 25.2. The van der Waals surface area contributed by atoms with Gasteiger partial charge in [0, 0.05) is 12.2 Å². The standard InChI is InChI=1S/C26H31N5O3S/c1-5-15-31-25(18(3)27-23(32)16-19-11-13-21(34-4)14-12-19)29-30-26(31)35-17-24(33)28-22-10-8-7-9-20(22)6-2/h5,7-14,18H,1,6,15-17H2,2-4H3,(H,27,32)(H,28,33)/t18-/m1/s1. The molecule has 1 heterocycles. The first-order valence-electron chi connectivity index (χ1n) is 11.4. The summed E-state index contributed by atoms with van der Waals surface area (Å²) in [6.45, 7) is 8.19. The minimum atomic E-state index is -0.368. The fourth-order valence-electron chi connectivity index (χ4n) is 3.58. The van der Waals surface area contributed by atoms with Crippen molar-refractivity contribution in [3.8, 4) is 5.75 Å². The molecule has 35 heavy (non-hydrogen) atoms. The number of nitrogens with one attached hydrogen (secondary N) is 2. The molecule has 0 aliphatic heterocycles. The fourth-order valence-corrected chi connectivity index (χ4v) is 4.34. The predicted molar refractivity (Wildman–Crippen MR) is 139 cm³/mol. The first-order chi connectivity index (χ1) is 16.9. The Hall–Kier alpha value is -3.59. The van der Waals surface area contributed by atoms with Crippen LogP contribution in [0.1, 0.15) is 36.8 Å². The average molecular weight is 494 g/mol. The Kier molecular flexibility index (Phi) is 9.48. The first kappa shape index (κ1) is 26.0. The lowest BCUT2D eigenvalue weighted by molar-refractivity contribution is -0.121. The lowest BCUT2D eigenvalue weighted by atomic mass is 10.1. The average Bonchev–Trinajstić information content (AvgIpc) is 3.26. The van der Waals surface area contributed by atoms with E-state index in [-0.39, 0.29) is 30.0 Å². The highest BCUT2D eigenvalue weighted by molar-refractivity contribution is 7.99. The molecule has 0 fully saturated rings. The smallest absolute Gasteiger partial charge is 0.234 e. The normalized spacial score (nSPS) is 11.5. The van der Waals surface area contributed by atoms with Crippen LogP contribution in [0.4, 0.5) is 5.69 Å². The van der Waals surface area contributed by atoms with E-state index in [1.54, 1.807) is 13.2 Å². The zero-order valence-electron chi connectivity index (χ0n) is 20.3. The highest BCUT2D eigenvalue weighted by Gasteiger charge is 2.20. The van der Waals surface area contributed by atoms with E-state index >= 15 is 0 Å². The molecule has 0 spiro atoms. The second-order valence-corrected chi connectivity index (χ2v) is 8.84. The number of thioether (sulfide) groups is 1. The monoisotopic (exact) mass is 493 g/mol. The lowest BCUT2D eigenvalue weighted by Gasteiger charge is -2.15. The van der Waals surface area contributed by atoms with Gasteiger partial charge in [-0.1, -0.05) is 55.1 Å². The van der Waals surface area contributed by atoms with Gasteiger partial charge in [0.05, 0.1) is 25.3 Å². The number of rotatable bonds is 12. The van der Waals surface area contributed by atoms with Crippen molar-refractivity contribution in [1.82, 2.24) is 20.1 Å². The number of carbonyl (C=O) groups is 2. The summed E-state index contributed by atoms with van der Waals surface area (Å²) in [5.41, 5.74) is 2.79. The molecule has 2 N–H and O–H groups in total. The maximum absolute atomic E-state index is 12.6. The van der Waals surface area contributed by atoms with Gasteiger partial charge in [0.25, 0.3) is 0 Å². The van der Waals surface area contributed by atoms with E-state index in [9.17, 15) is 9.59 Å². The molecular weight excluding hydrogens is 462 g/mol. The van der Waals surface area contributed by atoms with Crippen molar-refractivity contribution in [3.63, 3.8) is 0 Å². The maximum atomic E-state index is 12.6. The van der Waals surface area contributed by atoms with E-state index < -0.39 is 0 Å². The van der Waals surface area contributed by atoms with Gasteiger partial charge in [0.15, 0.2) is 11.0 Å². The van der Waals surface area contributed by atoms with Gasteiger partial charge in [-0.05, 0) is 42.7 Å². The van der Waals surface area contributed by atoms with Gasteiger partial charge in [-0.3, -0.25) is 9.59 Å². The molecule has 3 rings (SSSR count). The molecule has 2 aromatic carbocycles. The summed E-state index contributed by atoms with van der Waals surface area (Å²) in [6.07, 6.45) is 2.81. The second kappa shape index (κ2) is 12.8. The number of methoxy groups -OCH3 is 1. The van der Waals surface area contributed by atoms with Gasteiger partial charge in [0.1, 0.15) is 5.75 Å². The van der Waals surface area contributed by atoms with Crippen LogP contribution >= 0.6 is 11.8 Å². The third-order valence-electron chi connectivity index (χ3n) is 5.35. The van der Waals surface area contributed by atoms with Crippen molar-refractivity contribution in [3.05, 3.63) is 78.1 Å². The maximum Gasteiger partial charge on any atom is 0.234 e. The Balaban J connectivity index is 1.61. The molecule has 1 atom stereocenters. The summed E-state index contributed by atoms with van der Waals surface area (Å²) in [7, 11) is 1.60. The van der Waals surface area contributed by atoms with Gasteiger partial charge in [-0.25, -0.2) is 0 Å². The first-order valence-corrected chi connectivity index (χ1v) is 12.4. The molecule has 8 nitrogen and oxygen atoms in total. The van der Waals surface area contributed by atoms with Crippen LogP contribution in [0, 0.1) is 0 Å². The van der Waals surface area contributed by atoms with Crippen LogP contribution < -0.4 is 15.4 Å². The molecule has 0 saturated carbocycles. The van der Waals surface area contributed by atoms with Crippen LogP contribution in [-0.2, 0) is 29.0 Å². The largest absolute Gasteiger partial charge is 0.497 e. The van der Waals surface area contributed by atoms with Gasteiger partial charge in [-0.15, -0.1) is 16.8 Å². The van der Waals surface area contributed by atoms with E-state index in [4.69, 9.17) is 4.74 Å². The zero-order valence-corrected chi connectivity index (χ0v) is 21.1. The minimum Gasteiger partial charge on any atom is -0.497 e. The Labute approximate surface area is 210 Å². The van der Waals surface area contributed by atoms with Gasteiger partial charge in [0.2, 0.25) is 11.8 Å². The number of carbonyl (C=O) groups excluding carboxylic acids is 2. The van der Waals surface area contributed by atoms with Crippen LogP contribution in [0.2, 0.25) is 0 Å². The van der Waals surface area contributed by atoms with Crippen LogP contribution in [0.3, 0.4) is 0 Å². The molecule has 0 unspecified atom stereocenters. The predicted octanol–water partition coefficient (Wildman–Crippen LogP) is 4.19. The highest BCUT2D eigenvalue weighted by atomic mass is 32.2. The van der Waals surface area contributed by atoms with Crippen molar-refractivity contribution in [2.45, 2.75) is 44.4 Å². The number of allylic oxidation sites excluding steroid dienone is 1. The number of hydrogen-bond donors (Lipinski definition) is 2. The molecular formula is C26H31N5O3S. The topological polar surface area (TPSA) is 98.1 Å². The molecule has 3 aromatic rings. The number of hydrogen-bond acceptors (Lipinski definition) is 6. The number of benzene rings is 2. The summed E-state index contributed by atoms with van der Waals surface area (Å²) in [5, 5.41) is 15.1. The van der Waals surface area contributed by atoms with Crippen molar-refractivity contribution >= 4 is 29.3 Å². The summed E-state index contributed by atoms with van der Waals surface area (Å²) in [5.74, 6) is 1.29. The van der Waals surface area contributed by atoms with Crippen molar-refractivity contribution in [2.24, 2.45) is 0 Å². The molecule has 0 bridgehead atoms. The Morgan fingerprint density at radius 2 is 1.89 bits per heavy atom. The Bertz CT molecular complexity index is 1160. The second-order valence-electron chi connectivity index (χ2n) is 7.90. The van der Waals surface area contributed by atoms with Crippen molar-refractivity contribution in [2.75, 3.05) is 18.2 Å². The molecule has 0 saturated heterocycles. The van der Waals surface area contributed by atoms with Crippen LogP contribution in [-0.4, -0.2) is 39.4 Å². The van der Waals surface area contributed by atoms with E-state index in [2.05, 4.69) is 34.3 Å². The number of para-hydroxylation sites is 1. The molecule has 0 radical (unpaired) electrons. The fraction of sp³-hybridized carbons (Fsp3) is 0.308. The molecule has 0 aliphatic carbocycles. The number of ether oxygens (including phenoxy) is 1. The van der Waals surface area contributed by atoms with Gasteiger partial charge >= 0.3 is 0 Å². The number of aromatic nitrogens is 3. The SMILES string of the molecule is C=CCn1c(SCC(=O)Nc2ccccc2CC)nnc1[C@@H](C)NC(=O)Cc1ccc(OC)cc1. The minimum absolute atomic E-state index is 0.119. The molecule has 1 aromatic heterocycles. The van der Waals surface area contributed by atoms with Crippen LogP contribution in [0.5, 0.6) is 5.75 Å². The number of amides is 2. The lowest BCUT2D eigenvalue weighted by Crippen LogP contribution is -2.30. The third kappa shape index (κ3) is 7.19. The summed E-state index contributed by atoms with van der Waals surface area (Å²) in [6, 6.07) is 14.8. The van der Waals surface area contributed by atoms with E-state index in [1.165, 1.54) is 11.8 Å². The van der Waals surface area contributed by atoms with E-state index in [0.29, 0.717) is 17.5 Å². The molecule has 9 heteroatoms. The third-order valence-corrected chi connectivity index (χ3v) is 6.32. The van der Waals surface area contributed by atoms with Gasteiger partial charge < -0.3 is 19.9 Å². The van der Waals surface area contributed by atoms with Crippen molar-refractivity contribution < 1.29 is 14.3 Å². The van der Waals surface area contributed by atoms with Gasteiger partial charge in [-0.2, -0.15) is 0 Å². The number of nitrogens with zero attached hydrogens (tertiary/aromatic N) is 3. The van der Waals surface area contributed by atoms with Crippen LogP contribution in [0.15, 0.2) is 66.3 Å². The molecule has 2 amide bonds. The van der Waals surface area contributed by atoms with Crippen LogP contribution in [0.25, 0.3) is 0 Å². The summed E-state index contributed by atoms with van der Waals surface area (Å²) < 4.78 is 7.02. The highest BCUT2D eigenvalue weighted by Crippen LogP contribution is 2.22. The summed E-state index contributed by atoms with van der Waals surface area (Å²) in [4.78, 5) is 25.1.